The molecule has 2 aromatic heterocycles. The van der Waals surface area contributed by atoms with E-state index < -0.39 is 19.8 Å². The number of para-hydroxylation sites is 2. The Bertz CT molecular complexity index is 2210. The van der Waals surface area contributed by atoms with Crippen molar-refractivity contribution in [1.29, 1.82) is 0 Å². The first kappa shape index (κ1) is 34.8. The van der Waals surface area contributed by atoms with Crippen LogP contribution in [0.5, 0.6) is 0 Å². The van der Waals surface area contributed by atoms with Gasteiger partial charge in [0, 0.05) is 47.2 Å². The van der Waals surface area contributed by atoms with Crippen LogP contribution >= 0.6 is 8.44 Å². The topological polar surface area (TPSA) is 76.3 Å². The summed E-state index contributed by atoms with van der Waals surface area (Å²) in [5.74, 6) is 0. The predicted molar refractivity (Wildman–Crippen MR) is 210 cm³/mol. The van der Waals surface area contributed by atoms with Gasteiger partial charge >= 0.3 is 0 Å². The third kappa shape index (κ3) is 7.39. The molecule has 50 heavy (non-hydrogen) atoms. The maximum Gasteiger partial charge on any atom is 0.268 e. The van der Waals surface area contributed by atoms with E-state index in [0.717, 1.165) is 58.2 Å². The number of fused-ring (bicyclic) bond motifs is 2. The Morgan fingerprint density at radius 3 is 2.00 bits per heavy atom. The second kappa shape index (κ2) is 15.3. The zero-order valence-corrected chi connectivity index (χ0v) is 31.3. The molecule has 1 atom stereocenters. The largest absolute Gasteiger partial charge is 0.314 e. The number of unbranched alkanes of at least 4 members (excludes halogenated alkanes) is 1. The van der Waals surface area contributed by atoms with Crippen LogP contribution in [-0.2, 0) is 32.9 Å². The highest BCUT2D eigenvalue weighted by Gasteiger charge is 2.24. The first-order valence-electron chi connectivity index (χ1n) is 17.7. The van der Waals surface area contributed by atoms with Crippen molar-refractivity contribution in [2.24, 2.45) is 0 Å². The molecule has 0 spiro atoms. The van der Waals surface area contributed by atoms with Crippen LogP contribution in [0.3, 0.4) is 0 Å². The summed E-state index contributed by atoms with van der Waals surface area (Å²) in [6, 6.07) is 34.9. The molecule has 7 rings (SSSR count). The van der Waals surface area contributed by atoms with E-state index >= 15 is 0 Å². The Morgan fingerprint density at radius 1 is 0.720 bits per heavy atom. The van der Waals surface area contributed by atoms with E-state index in [4.69, 9.17) is 0 Å². The number of nitrogens with zero attached hydrogens (tertiary/aromatic N) is 3. The van der Waals surface area contributed by atoms with Gasteiger partial charge in [0.1, 0.15) is 0 Å². The lowest BCUT2D eigenvalue weighted by atomic mass is 9.95. The minimum absolute atomic E-state index is 0.266. The van der Waals surface area contributed by atoms with Crippen LogP contribution in [0.2, 0.25) is 0 Å². The van der Waals surface area contributed by atoms with Crippen LogP contribution in [0.4, 0.5) is 0 Å². The molecule has 10 heteroatoms. The predicted octanol–water partition coefficient (Wildman–Crippen LogP) is 8.17. The Balaban J connectivity index is 1.21. The Hall–Kier alpha value is -3.59. The summed E-state index contributed by atoms with van der Waals surface area (Å²) in [6.07, 6.45) is 12.5. The van der Waals surface area contributed by atoms with E-state index in [1.54, 1.807) is 30.5 Å². The van der Waals surface area contributed by atoms with Gasteiger partial charge in [-0.3, -0.25) is 13.1 Å². The average molecular weight is 727 g/mol. The quantitative estimate of drug-likeness (QED) is 0.0673. The monoisotopic (exact) mass is 726 g/mol. The third-order valence-electron chi connectivity index (χ3n) is 10.0. The molecule has 1 unspecified atom stereocenters. The Morgan fingerprint density at radius 2 is 1.30 bits per heavy atom. The summed E-state index contributed by atoms with van der Waals surface area (Å²) in [5, 5.41) is 5.79. The fraction of sp³-hybridized carbons (Fsp3) is 0.300. The van der Waals surface area contributed by atoms with Crippen LogP contribution in [-0.4, -0.2) is 44.6 Å². The molecule has 1 aliphatic carbocycles. The number of hydrogen-bond donors (Lipinski definition) is 2. The lowest BCUT2D eigenvalue weighted by molar-refractivity contribution is 0.251. The highest BCUT2D eigenvalue weighted by atomic mass is 32.8. The minimum Gasteiger partial charge on any atom is -0.314 e. The van der Waals surface area contributed by atoms with E-state index in [1.165, 1.54) is 36.1 Å². The van der Waals surface area contributed by atoms with Crippen LogP contribution in [0.25, 0.3) is 21.8 Å². The molecular formula is C40H47N4O3PS2. The van der Waals surface area contributed by atoms with Gasteiger partial charge in [0.2, 0.25) is 0 Å². The van der Waals surface area contributed by atoms with Crippen LogP contribution in [0.1, 0.15) is 56.1 Å². The lowest BCUT2D eigenvalue weighted by Gasteiger charge is -2.24. The highest BCUT2D eigenvalue weighted by Crippen LogP contribution is 2.35. The van der Waals surface area contributed by atoms with Crippen molar-refractivity contribution < 1.29 is 12.6 Å². The van der Waals surface area contributed by atoms with Crippen LogP contribution < -0.4 is 5.32 Å². The van der Waals surface area contributed by atoms with Crippen molar-refractivity contribution in [3.63, 3.8) is 0 Å². The number of benzene rings is 4. The van der Waals surface area contributed by atoms with Gasteiger partial charge in [0.25, 0.3) is 10.0 Å². The molecular weight excluding hydrogens is 680 g/mol. The molecule has 0 amide bonds. The molecule has 0 bridgehead atoms. The second-order valence-electron chi connectivity index (χ2n) is 13.5. The fourth-order valence-corrected chi connectivity index (χ4v) is 11.5. The normalized spacial score (nSPS) is 14.9. The van der Waals surface area contributed by atoms with Crippen LogP contribution in [0.15, 0.2) is 131 Å². The summed E-state index contributed by atoms with van der Waals surface area (Å²) >= 11 is 0. The molecule has 6 aromatic rings. The van der Waals surface area contributed by atoms with Crippen molar-refractivity contribution >= 4 is 50.0 Å². The molecule has 2 heterocycles. The van der Waals surface area contributed by atoms with Crippen molar-refractivity contribution in [2.45, 2.75) is 73.9 Å². The number of aromatic nitrogens is 2. The average Bonchev–Trinajstić information content (AvgIpc) is 3.72. The highest BCUT2D eigenvalue weighted by molar-refractivity contribution is 8.44. The molecule has 262 valence electrons. The number of hydrogen-bond acceptors (Lipinski definition) is 5. The maximum absolute atomic E-state index is 14.4. The van der Waals surface area contributed by atoms with Gasteiger partial charge in [-0.15, -0.1) is 0 Å². The third-order valence-corrected chi connectivity index (χ3v) is 15.3. The summed E-state index contributed by atoms with van der Waals surface area (Å²) < 4.78 is 45.6. The fourth-order valence-electron chi connectivity index (χ4n) is 7.39. The Labute approximate surface area is 299 Å². The van der Waals surface area contributed by atoms with Gasteiger partial charge in [-0.25, -0.2) is 12.4 Å². The molecule has 1 saturated carbocycles. The number of nitrogens with one attached hydrogen (secondary N) is 1. The van der Waals surface area contributed by atoms with E-state index in [1.807, 2.05) is 82.8 Å². The van der Waals surface area contributed by atoms with E-state index in [9.17, 15) is 12.6 Å². The lowest BCUT2D eigenvalue weighted by Crippen LogP contribution is -2.32. The Kier molecular flexibility index (Phi) is 10.7. The summed E-state index contributed by atoms with van der Waals surface area (Å²) in [6.45, 7) is 3.05. The van der Waals surface area contributed by atoms with Crippen molar-refractivity contribution in [1.82, 2.24) is 18.2 Å². The van der Waals surface area contributed by atoms with Gasteiger partial charge in [-0.2, -0.15) is 0 Å². The van der Waals surface area contributed by atoms with E-state index in [-0.39, 0.29) is 4.90 Å². The number of rotatable bonds is 14. The molecule has 1 aliphatic rings. The molecule has 7 nitrogen and oxygen atoms in total. The smallest absolute Gasteiger partial charge is 0.268 e. The second-order valence-corrected chi connectivity index (χ2v) is 19.6. The molecule has 0 saturated heterocycles. The molecule has 0 radical (unpaired) electrons. The van der Waals surface area contributed by atoms with E-state index in [2.05, 4.69) is 30.9 Å². The first-order chi connectivity index (χ1) is 24.3. The van der Waals surface area contributed by atoms with Gasteiger partial charge < -0.3 is 5.32 Å². The molecule has 1 N–H and O–H groups in total. The van der Waals surface area contributed by atoms with Gasteiger partial charge in [-0.1, -0.05) is 92.1 Å². The van der Waals surface area contributed by atoms with Gasteiger partial charge in [-0.05, 0) is 104 Å². The maximum atomic E-state index is 14.4. The summed E-state index contributed by atoms with van der Waals surface area (Å²) in [7, 11) is -4.16. The van der Waals surface area contributed by atoms with Gasteiger partial charge in [0.15, 0.2) is 0 Å². The van der Waals surface area contributed by atoms with Gasteiger partial charge in [0.05, 0.1) is 15.9 Å². The minimum atomic E-state index is -3.79. The summed E-state index contributed by atoms with van der Waals surface area (Å²) in [5.41, 5.74) is 3.67. The molecule has 4 aromatic carbocycles. The standard InChI is InChI=1S/C40H47N4O3PS2/c45-49(46,35-18-6-2-7-19-35)43-30-32(37-22-10-12-24-39(37)43)28-42(27-15-14-26-41-34-16-4-1-5-17-34)29-33-31-44(40-25-13-11-23-38(33)40)50(47,48)36-20-8-3-9-21-36/h2-3,6-13,18-25,30-31,34,41,50H,1,4-5,14-17,26-29,48H2. The molecule has 0 aliphatic heterocycles. The summed E-state index contributed by atoms with van der Waals surface area (Å²) in [4.78, 5) is 3.47. The zero-order chi connectivity index (χ0) is 34.6. The van der Waals surface area contributed by atoms with Crippen LogP contribution in [0, 0.1) is 0 Å². The molecule has 1 fully saturated rings. The first-order valence-corrected chi connectivity index (χ1v) is 22.4. The SMILES string of the molecule is O=S(=O)(c1ccccc1)n1cc(CN(CCCCNC2CCCCC2)Cc2cn([SH](=O)(P)c3ccccc3)c3ccccc23)c2ccccc21. The van der Waals surface area contributed by atoms with Crippen molar-refractivity contribution in [3.8, 4) is 0 Å². The van der Waals surface area contributed by atoms with Crippen molar-refractivity contribution in [3.05, 3.63) is 133 Å². The zero-order valence-electron chi connectivity index (χ0n) is 28.4. The number of thiol groups is 1. The van der Waals surface area contributed by atoms with E-state index in [0.29, 0.717) is 24.6 Å². The van der Waals surface area contributed by atoms with Crippen molar-refractivity contribution in [2.75, 3.05) is 13.1 Å².